The third kappa shape index (κ3) is 2.19. The second-order valence-electron chi connectivity index (χ2n) is 6.63. The highest BCUT2D eigenvalue weighted by molar-refractivity contribution is 5.41. The van der Waals surface area contributed by atoms with Crippen LogP contribution in [0.5, 0.6) is 0 Å². The monoisotopic (exact) mass is 231 g/mol. The lowest BCUT2D eigenvalue weighted by Gasteiger charge is -2.20. The van der Waals surface area contributed by atoms with Gasteiger partial charge < -0.3 is 0 Å². The summed E-state index contributed by atoms with van der Waals surface area (Å²) < 4.78 is 1.97. The lowest BCUT2D eigenvalue weighted by Crippen LogP contribution is -2.19. The van der Waals surface area contributed by atoms with Gasteiger partial charge in [0.1, 0.15) is 0 Å². The van der Waals surface area contributed by atoms with Gasteiger partial charge in [-0.3, -0.25) is 0 Å². The van der Waals surface area contributed by atoms with Crippen LogP contribution in [0.1, 0.15) is 52.9 Å². The van der Waals surface area contributed by atoms with Crippen molar-refractivity contribution in [3.8, 4) is 0 Å². The molecule has 0 bridgehead atoms. The molecule has 0 aliphatic rings. The minimum Gasteiger partial charge on any atom is -0.235 e. The van der Waals surface area contributed by atoms with Gasteiger partial charge in [-0.25, -0.2) is 9.50 Å². The molecule has 0 aliphatic heterocycles. The zero-order chi connectivity index (χ0) is 12.8. The van der Waals surface area contributed by atoms with E-state index in [2.05, 4.69) is 52.6 Å². The molecule has 2 heterocycles. The molecule has 0 amide bonds. The maximum Gasteiger partial charge on any atom is 0.153 e. The standard InChI is InChI=1S/C14H21N3/c1-13(2,3)10-7-8-12-15-9-11(14(4,5)6)17(12)16-10/h7-9H,1-6H3. The smallest absolute Gasteiger partial charge is 0.153 e. The van der Waals surface area contributed by atoms with E-state index in [9.17, 15) is 0 Å². The highest BCUT2D eigenvalue weighted by Crippen LogP contribution is 2.25. The molecular weight excluding hydrogens is 210 g/mol. The Morgan fingerprint density at radius 3 is 2.12 bits per heavy atom. The van der Waals surface area contributed by atoms with E-state index in [1.54, 1.807) is 0 Å². The summed E-state index contributed by atoms with van der Waals surface area (Å²) in [6, 6.07) is 4.11. The fraction of sp³-hybridized carbons (Fsp3) is 0.571. The Morgan fingerprint density at radius 2 is 1.59 bits per heavy atom. The first-order valence-corrected chi connectivity index (χ1v) is 6.05. The molecule has 0 unspecified atom stereocenters. The highest BCUT2D eigenvalue weighted by atomic mass is 15.3. The van der Waals surface area contributed by atoms with Crippen molar-refractivity contribution in [2.24, 2.45) is 0 Å². The van der Waals surface area contributed by atoms with E-state index in [0.717, 1.165) is 17.0 Å². The average Bonchev–Trinajstić information content (AvgIpc) is 2.57. The number of aromatic nitrogens is 3. The molecule has 0 aliphatic carbocycles. The van der Waals surface area contributed by atoms with E-state index in [-0.39, 0.29) is 10.8 Å². The van der Waals surface area contributed by atoms with Gasteiger partial charge in [0, 0.05) is 10.8 Å². The van der Waals surface area contributed by atoms with E-state index in [0.29, 0.717) is 0 Å². The molecule has 0 atom stereocenters. The Hall–Kier alpha value is -1.38. The molecule has 2 rings (SSSR count). The molecule has 2 aromatic heterocycles. The largest absolute Gasteiger partial charge is 0.235 e. The van der Waals surface area contributed by atoms with Crippen molar-refractivity contribution in [2.45, 2.75) is 52.4 Å². The van der Waals surface area contributed by atoms with Crippen molar-refractivity contribution in [3.05, 3.63) is 29.7 Å². The molecule has 2 aromatic rings. The maximum absolute atomic E-state index is 4.73. The van der Waals surface area contributed by atoms with E-state index >= 15 is 0 Å². The van der Waals surface area contributed by atoms with Crippen LogP contribution in [-0.4, -0.2) is 14.6 Å². The molecule has 0 fully saturated rings. The Labute approximate surface area is 103 Å². The van der Waals surface area contributed by atoms with Crippen LogP contribution < -0.4 is 0 Å². The summed E-state index contributed by atoms with van der Waals surface area (Å²) in [6.45, 7) is 13.1. The molecule has 0 radical (unpaired) electrons. The molecule has 0 spiro atoms. The number of hydrogen-bond donors (Lipinski definition) is 0. The summed E-state index contributed by atoms with van der Waals surface area (Å²) >= 11 is 0. The average molecular weight is 231 g/mol. The maximum atomic E-state index is 4.73. The van der Waals surface area contributed by atoms with Gasteiger partial charge in [-0.2, -0.15) is 5.10 Å². The third-order valence-corrected chi connectivity index (χ3v) is 2.90. The van der Waals surface area contributed by atoms with Crippen LogP contribution in [0.25, 0.3) is 5.65 Å². The second-order valence-corrected chi connectivity index (χ2v) is 6.63. The highest BCUT2D eigenvalue weighted by Gasteiger charge is 2.21. The first-order chi connectivity index (χ1) is 7.69. The summed E-state index contributed by atoms with van der Waals surface area (Å²) in [4.78, 5) is 4.41. The first-order valence-electron chi connectivity index (χ1n) is 6.05. The molecule has 0 aromatic carbocycles. The predicted octanol–water partition coefficient (Wildman–Crippen LogP) is 3.32. The van der Waals surface area contributed by atoms with E-state index < -0.39 is 0 Å². The van der Waals surface area contributed by atoms with Crippen molar-refractivity contribution in [1.29, 1.82) is 0 Å². The van der Waals surface area contributed by atoms with E-state index in [1.165, 1.54) is 0 Å². The quantitative estimate of drug-likeness (QED) is 0.696. The van der Waals surface area contributed by atoms with Crippen molar-refractivity contribution < 1.29 is 0 Å². The summed E-state index contributed by atoms with van der Waals surface area (Å²) in [6.07, 6.45) is 1.93. The number of hydrogen-bond acceptors (Lipinski definition) is 2. The molecule has 0 saturated heterocycles. The third-order valence-electron chi connectivity index (χ3n) is 2.90. The van der Waals surface area contributed by atoms with E-state index in [1.807, 2.05) is 16.8 Å². The molecular formula is C14H21N3. The molecule has 92 valence electrons. The second kappa shape index (κ2) is 3.56. The van der Waals surface area contributed by atoms with Crippen LogP contribution in [0, 0.1) is 0 Å². The van der Waals surface area contributed by atoms with Crippen molar-refractivity contribution >= 4 is 5.65 Å². The molecule has 3 heteroatoms. The van der Waals surface area contributed by atoms with E-state index in [4.69, 9.17) is 5.10 Å². The van der Waals surface area contributed by atoms with Gasteiger partial charge in [-0.05, 0) is 12.1 Å². The summed E-state index contributed by atoms with van der Waals surface area (Å²) in [5.74, 6) is 0. The minimum atomic E-state index is 0.0585. The molecule has 0 saturated carbocycles. The van der Waals surface area contributed by atoms with Gasteiger partial charge in [0.25, 0.3) is 0 Å². The number of rotatable bonds is 0. The summed E-state index contributed by atoms with van der Waals surface area (Å²) in [5.41, 5.74) is 3.28. The lowest BCUT2D eigenvalue weighted by molar-refractivity contribution is 0.523. The van der Waals surface area contributed by atoms with Gasteiger partial charge in [0.2, 0.25) is 0 Å². The van der Waals surface area contributed by atoms with Crippen LogP contribution in [0.4, 0.5) is 0 Å². The van der Waals surface area contributed by atoms with Gasteiger partial charge in [0.05, 0.1) is 17.6 Å². The summed E-state index contributed by atoms with van der Waals surface area (Å²) in [7, 11) is 0. The Morgan fingerprint density at radius 1 is 0.941 bits per heavy atom. The Balaban J connectivity index is 2.67. The van der Waals surface area contributed by atoms with Gasteiger partial charge in [0.15, 0.2) is 5.65 Å². The molecule has 17 heavy (non-hydrogen) atoms. The predicted molar refractivity (Wildman–Crippen MR) is 70.4 cm³/mol. The number of imidazole rings is 1. The number of fused-ring (bicyclic) bond motifs is 1. The van der Waals surface area contributed by atoms with Crippen LogP contribution in [-0.2, 0) is 10.8 Å². The van der Waals surface area contributed by atoms with Gasteiger partial charge in [-0.15, -0.1) is 0 Å². The topological polar surface area (TPSA) is 30.2 Å². The van der Waals surface area contributed by atoms with Crippen LogP contribution in [0.2, 0.25) is 0 Å². The van der Waals surface area contributed by atoms with Crippen molar-refractivity contribution in [1.82, 2.24) is 14.6 Å². The zero-order valence-electron chi connectivity index (χ0n) is 11.6. The molecule has 3 nitrogen and oxygen atoms in total. The minimum absolute atomic E-state index is 0.0585. The Kier molecular flexibility index (Phi) is 2.53. The van der Waals surface area contributed by atoms with Crippen LogP contribution in [0.15, 0.2) is 18.3 Å². The lowest BCUT2D eigenvalue weighted by atomic mass is 9.92. The summed E-state index contributed by atoms with van der Waals surface area (Å²) in [5, 5.41) is 4.73. The fourth-order valence-corrected chi connectivity index (χ4v) is 1.78. The van der Waals surface area contributed by atoms with Crippen LogP contribution in [0.3, 0.4) is 0 Å². The van der Waals surface area contributed by atoms with Crippen molar-refractivity contribution in [3.63, 3.8) is 0 Å². The fourth-order valence-electron chi connectivity index (χ4n) is 1.78. The van der Waals surface area contributed by atoms with Crippen molar-refractivity contribution in [2.75, 3.05) is 0 Å². The zero-order valence-corrected chi connectivity index (χ0v) is 11.6. The Bertz CT molecular complexity index is 539. The first kappa shape index (κ1) is 12.1. The number of nitrogens with zero attached hydrogens (tertiary/aromatic N) is 3. The molecule has 0 N–H and O–H groups in total. The van der Waals surface area contributed by atoms with Crippen LogP contribution >= 0.6 is 0 Å². The van der Waals surface area contributed by atoms with Gasteiger partial charge >= 0.3 is 0 Å². The SMILES string of the molecule is CC(C)(C)c1ccc2ncc(C(C)(C)C)n2n1. The normalized spacial score (nSPS) is 13.3. The van der Waals surface area contributed by atoms with Gasteiger partial charge in [-0.1, -0.05) is 41.5 Å².